The number of fused-ring (bicyclic) bond motifs is 1. The zero-order valence-corrected chi connectivity index (χ0v) is 12.3. The van der Waals surface area contributed by atoms with Crippen LogP contribution in [0.25, 0.3) is 17.0 Å². The minimum absolute atomic E-state index is 0.364. The standard InChI is InChI=1S/C19H19NO/c1-14(7-8-15-9-11-16(21-2)12-10-15)18-13-20-19-6-4-3-5-17(18)19/h3-14,20H,1-2H3/b8-7+. The first kappa shape index (κ1) is 13.5. The number of hydrogen-bond donors (Lipinski definition) is 1. The van der Waals surface area contributed by atoms with Crippen molar-refractivity contribution in [2.75, 3.05) is 7.11 Å². The molecule has 0 saturated heterocycles. The summed E-state index contributed by atoms with van der Waals surface area (Å²) in [5.74, 6) is 1.25. The van der Waals surface area contributed by atoms with E-state index in [1.807, 2.05) is 12.1 Å². The molecule has 1 heterocycles. The molecule has 21 heavy (non-hydrogen) atoms. The molecule has 0 bridgehead atoms. The lowest BCUT2D eigenvalue weighted by atomic mass is 9.99. The van der Waals surface area contributed by atoms with Gasteiger partial charge in [0, 0.05) is 23.0 Å². The summed E-state index contributed by atoms with van der Waals surface area (Å²) in [6.45, 7) is 2.22. The summed E-state index contributed by atoms with van der Waals surface area (Å²) in [5, 5.41) is 1.30. The van der Waals surface area contributed by atoms with Crippen LogP contribution in [0, 0.1) is 0 Å². The van der Waals surface area contributed by atoms with Crippen molar-refractivity contribution in [3.8, 4) is 5.75 Å². The number of aromatic nitrogens is 1. The molecule has 0 fully saturated rings. The van der Waals surface area contributed by atoms with Crippen LogP contribution in [0.4, 0.5) is 0 Å². The van der Waals surface area contributed by atoms with Gasteiger partial charge in [-0.15, -0.1) is 0 Å². The quantitative estimate of drug-likeness (QED) is 0.713. The van der Waals surface area contributed by atoms with Crippen LogP contribution in [-0.2, 0) is 0 Å². The third-order valence-electron chi connectivity index (χ3n) is 3.80. The first-order valence-corrected chi connectivity index (χ1v) is 7.16. The Balaban J connectivity index is 1.81. The number of para-hydroxylation sites is 1. The van der Waals surface area contributed by atoms with E-state index in [0.29, 0.717) is 5.92 Å². The van der Waals surface area contributed by atoms with Gasteiger partial charge in [0.15, 0.2) is 0 Å². The normalized spacial score (nSPS) is 12.9. The first-order chi connectivity index (χ1) is 10.3. The summed E-state index contributed by atoms with van der Waals surface area (Å²) in [7, 11) is 1.68. The van der Waals surface area contributed by atoms with E-state index < -0.39 is 0 Å². The SMILES string of the molecule is COc1ccc(/C=C/C(C)c2c[nH]c3ccccc23)cc1. The molecule has 0 aliphatic heterocycles. The average molecular weight is 277 g/mol. The van der Waals surface area contributed by atoms with Crippen LogP contribution >= 0.6 is 0 Å². The fraction of sp³-hybridized carbons (Fsp3) is 0.158. The van der Waals surface area contributed by atoms with Gasteiger partial charge in [-0.05, 0) is 29.3 Å². The second-order valence-corrected chi connectivity index (χ2v) is 5.21. The number of rotatable bonds is 4. The van der Waals surface area contributed by atoms with Crippen LogP contribution in [0.5, 0.6) is 5.75 Å². The molecule has 0 amide bonds. The minimum Gasteiger partial charge on any atom is -0.497 e. The van der Waals surface area contributed by atoms with Gasteiger partial charge >= 0.3 is 0 Å². The van der Waals surface area contributed by atoms with Gasteiger partial charge in [-0.1, -0.05) is 49.4 Å². The van der Waals surface area contributed by atoms with Crippen LogP contribution in [0.3, 0.4) is 0 Å². The molecule has 2 aromatic carbocycles. The second kappa shape index (κ2) is 5.88. The lowest BCUT2D eigenvalue weighted by Crippen LogP contribution is -1.87. The predicted molar refractivity (Wildman–Crippen MR) is 88.7 cm³/mol. The van der Waals surface area contributed by atoms with Crippen LogP contribution < -0.4 is 4.74 Å². The van der Waals surface area contributed by atoms with E-state index in [1.165, 1.54) is 22.0 Å². The highest BCUT2D eigenvalue weighted by molar-refractivity contribution is 5.84. The van der Waals surface area contributed by atoms with Gasteiger partial charge in [-0.3, -0.25) is 0 Å². The maximum absolute atomic E-state index is 5.17. The average Bonchev–Trinajstić information content (AvgIpc) is 2.97. The molecule has 0 aliphatic carbocycles. The summed E-state index contributed by atoms with van der Waals surface area (Å²) in [5.41, 5.74) is 3.70. The van der Waals surface area contributed by atoms with Gasteiger partial charge in [0.1, 0.15) is 5.75 Å². The highest BCUT2D eigenvalue weighted by Crippen LogP contribution is 2.26. The van der Waals surface area contributed by atoms with E-state index in [4.69, 9.17) is 4.74 Å². The van der Waals surface area contributed by atoms with Gasteiger partial charge in [-0.25, -0.2) is 0 Å². The topological polar surface area (TPSA) is 25.0 Å². The van der Waals surface area contributed by atoms with Crippen LogP contribution in [0.2, 0.25) is 0 Å². The molecule has 1 aromatic heterocycles. The molecule has 1 N–H and O–H groups in total. The van der Waals surface area contributed by atoms with E-state index >= 15 is 0 Å². The lowest BCUT2D eigenvalue weighted by molar-refractivity contribution is 0.415. The van der Waals surface area contributed by atoms with Crippen LogP contribution in [0.15, 0.2) is 60.8 Å². The largest absolute Gasteiger partial charge is 0.497 e. The van der Waals surface area contributed by atoms with E-state index in [-0.39, 0.29) is 0 Å². The van der Waals surface area contributed by atoms with Crippen LogP contribution in [0.1, 0.15) is 24.0 Å². The number of ether oxygens (including phenoxy) is 1. The fourth-order valence-electron chi connectivity index (χ4n) is 2.54. The van der Waals surface area contributed by atoms with Crippen molar-refractivity contribution in [1.29, 1.82) is 0 Å². The first-order valence-electron chi connectivity index (χ1n) is 7.16. The smallest absolute Gasteiger partial charge is 0.118 e. The summed E-state index contributed by atoms with van der Waals surface area (Å²) >= 11 is 0. The van der Waals surface area contributed by atoms with Crippen molar-refractivity contribution in [3.63, 3.8) is 0 Å². The predicted octanol–water partition coefficient (Wildman–Crippen LogP) is 4.99. The third kappa shape index (κ3) is 2.84. The molecule has 3 rings (SSSR count). The molecule has 0 radical (unpaired) electrons. The Labute approximate surface area is 125 Å². The van der Waals surface area contributed by atoms with Gasteiger partial charge < -0.3 is 9.72 Å². The molecule has 3 aromatic rings. The lowest BCUT2D eigenvalue weighted by Gasteiger charge is -2.05. The van der Waals surface area contributed by atoms with E-state index in [2.05, 4.69) is 66.7 Å². The van der Waals surface area contributed by atoms with Crippen molar-refractivity contribution in [3.05, 3.63) is 71.9 Å². The Bertz CT molecular complexity index is 753. The van der Waals surface area contributed by atoms with Gasteiger partial charge in [0.05, 0.1) is 7.11 Å². The van der Waals surface area contributed by atoms with E-state index in [1.54, 1.807) is 7.11 Å². The zero-order valence-electron chi connectivity index (χ0n) is 12.3. The summed E-state index contributed by atoms with van der Waals surface area (Å²) in [6, 6.07) is 16.5. The zero-order chi connectivity index (χ0) is 14.7. The molecule has 0 aliphatic rings. The monoisotopic (exact) mass is 277 g/mol. The Morgan fingerprint density at radius 3 is 2.57 bits per heavy atom. The fourth-order valence-corrected chi connectivity index (χ4v) is 2.54. The molecule has 1 unspecified atom stereocenters. The van der Waals surface area contributed by atoms with Crippen LogP contribution in [-0.4, -0.2) is 12.1 Å². The number of aromatic amines is 1. The summed E-state index contributed by atoms with van der Waals surface area (Å²) in [4.78, 5) is 3.33. The number of benzene rings is 2. The number of methoxy groups -OCH3 is 1. The Kier molecular flexibility index (Phi) is 3.78. The number of allylic oxidation sites excluding steroid dienone is 1. The number of nitrogens with one attached hydrogen (secondary N) is 1. The van der Waals surface area contributed by atoms with Crippen molar-refractivity contribution in [2.24, 2.45) is 0 Å². The second-order valence-electron chi connectivity index (χ2n) is 5.21. The van der Waals surface area contributed by atoms with E-state index in [9.17, 15) is 0 Å². The number of hydrogen-bond acceptors (Lipinski definition) is 1. The highest BCUT2D eigenvalue weighted by atomic mass is 16.5. The maximum Gasteiger partial charge on any atom is 0.118 e. The Hall–Kier alpha value is -2.48. The van der Waals surface area contributed by atoms with Gasteiger partial charge in [0.25, 0.3) is 0 Å². The molecule has 1 atom stereocenters. The van der Waals surface area contributed by atoms with E-state index in [0.717, 1.165) is 5.75 Å². The molecule has 2 heteroatoms. The molecular formula is C19H19NO. The van der Waals surface area contributed by atoms with Crippen molar-refractivity contribution >= 4 is 17.0 Å². The number of H-pyrrole nitrogens is 1. The summed E-state index contributed by atoms with van der Waals surface area (Å²) in [6.07, 6.45) is 6.50. The highest BCUT2D eigenvalue weighted by Gasteiger charge is 2.07. The molecule has 106 valence electrons. The Morgan fingerprint density at radius 2 is 1.81 bits per heavy atom. The van der Waals surface area contributed by atoms with Crippen molar-refractivity contribution in [1.82, 2.24) is 4.98 Å². The van der Waals surface area contributed by atoms with Crippen molar-refractivity contribution in [2.45, 2.75) is 12.8 Å². The van der Waals surface area contributed by atoms with Gasteiger partial charge in [0.2, 0.25) is 0 Å². The molecule has 2 nitrogen and oxygen atoms in total. The molecule has 0 saturated carbocycles. The molecule has 0 spiro atoms. The summed E-state index contributed by atoms with van der Waals surface area (Å²) < 4.78 is 5.17. The third-order valence-corrected chi connectivity index (χ3v) is 3.80. The van der Waals surface area contributed by atoms with Gasteiger partial charge in [-0.2, -0.15) is 0 Å². The molecular weight excluding hydrogens is 258 g/mol. The maximum atomic E-state index is 5.17. The van der Waals surface area contributed by atoms with Crippen molar-refractivity contribution < 1.29 is 4.74 Å². The minimum atomic E-state index is 0.364. The Morgan fingerprint density at radius 1 is 1.05 bits per heavy atom.